The number of benzene rings is 1. The zero-order valence-electron chi connectivity index (χ0n) is 16.4. The third kappa shape index (κ3) is 3.21. The molecular weight excluding hydrogens is 360 g/mol. The average molecular weight is 391 g/mol. The zero-order valence-corrected chi connectivity index (χ0v) is 17.3. The molecule has 0 aromatic heterocycles. The maximum absolute atomic E-state index is 13.1. The molecule has 0 unspecified atom stereocenters. The molecular formula is C21H30N2O3S. The third-order valence-electron chi connectivity index (χ3n) is 7.31. The van der Waals surface area contributed by atoms with Crippen LogP contribution in [0.3, 0.4) is 0 Å². The first-order valence-corrected chi connectivity index (χ1v) is 11.6. The first-order valence-electron chi connectivity index (χ1n) is 10.1. The van der Waals surface area contributed by atoms with E-state index in [4.69, 9.17) is 0 Å². The van der Waals surface area contributed by atoms with E-state index in [0.717, 1.165) is 44.3 Å². The quantitative estimate of drug-likeness (QED) is 0.860. The fraction of sp³-hybridized carbons (Fsp3) is 0.667. The molecule has 148 valence electrons. The van der Waals surface area contributed by atoms with Crippen LogP contribution in [0.5, 0.6) is 0 Å². The fourth-order valence-corrected chi connectivity index (χ4v) is 6.67. The summed E-state index contributed by atoms with van der Waals surface area (Å²) in [6.45, 7) is 7.99. The molecule has 1 aliphatic heterocycles. The molecule has 6 heteroatoms. The van der Waals surface area contributed by atoms with Crippen molar-refractivity contribution in [3.8, 4) is 0 Å². The van der Waals surface area contributed by atoms with Gasteiger partial charge >= 0.3 is 0 Å². The molecule has 2 bridgehead atoms. The molecule has 1 aromatic carbocycles. The zero-order chi connectivity index (χ0) is 19.4. The van der Waals surface area contributed by atoms with Crippen LogP contribution >= 0.6 is 0 Å². The summed E-state index contributed by atoms with van der Waals surface area (Å²) in [7, 11) is -3.65. The van der Waals surface area contributed by atoms with Crippen molar-refractivity contribution in [2.45, 2.75) is 57.4 Å². The van der Waals surface area contributed by atoms with Gasteiger partial charge in [-0.1, -0.05) is 31.5 Å². The van der Waals surface area contributed by atoms with Gasteiger partial charge in [-0.05, 0) is 62.0 Å². The number of fused-ring (bicyclic) bond motifs is 2. The van der Waals surface area contributed by atoms with E-state index in [-0.39, 0.29) is 34.1 Å². The highest BCUT2D eigenvalue weighted by molar-refractivity contribution is 7.89. The maximum atomic E-state index is 13.1. The summed E-state index contributed by atoms with van der Waals surface area (Å²) in [6.07, 6.45) is 3.91. The first-order chi connectivity index (χ1) is 12.7. The lowest BCUT2D eigenvalue weighted by Gasteiger charge is -2.62. The van der Waals surface area contributed by atoms with Crippen LogP contribution in [0.15, 0.2) is 29.2 Å². The number of hydrogen-bond acceptors (Lipinski definition) is 3. The van der Waals surface area contributed by atoms with Gasteiger partial charge in [0.1, 0.15) is 0 Å². The van der Waals surface area contributed by atoms with E-state index in [1.54, 1.807) is 12.1 Å². The molecule has 1 amide bonds. The Balaban J connectivity index is 1.61. The summed E-state index contributed by atoms with van der Waals surface area (Å²) in [6, 6.07) is 6.60. The van der Waals surface area contributed by atoms with Crippen LogP contribution in [0.1, 0.15) is 45.1 Å². The predicted molar refractivity (Wildman–Crippen MR) is 105 cm³/mol. The highest BCUT2D eigenvalue weighted by atomic mass is 32.2. The van der Waals surface area contributed by atoms with Crippen molar-refractivity contribution in [1.82, 2.24) is 9.62 Å². The summed E-state index contributed by atoms with van der Waals surface area (Å²) >= 11 is 0. The van der Waals surface area contributed by atoms with Crippen molar-refractivity contribution in [3.05, 3.63) is 29.8 Å². The Morgan fingerprint density at radius 3 is 2.33 bits per heavy atom. The molecule has 3 aliphatic carbocycles. The van der Waals surface area contributed by atoms with E-state index in [9.17, 15) is 13.2 Å². The first kappa shape index (κ1) is 18.9. The number of hydrogen-bond donors (Lipinski definition) is 1. The van der Waals surface area contributed by atoms with Gasteiger partial charge in [0.25, 0.3) is 0 Å². The molecule has 1 N–H and O–H groups in total. The van der Waals surface area contributed by atoms with Crippen LogP contribution in [0.2, 0.25) is 0 Å². The third-order valence-corrected chi connectivity index (χ3v) is 8.78. The monoisotopic (exact) mass is 390 g/mol. The second-order valence-corrected chi connectivity index (χ2v) is 10.9. The minimum absolute atomic E-state index is 0.0856. The Kier molecular flexibility index (Phi) is 4.62. The summed E-state index contributed by atoms with van der Waals surface area (Å²) < 4.78 is 29.0. The highest BCUT2D eigenvalue weighted by Gasteiger charge is 2.60. The van der Waals surface area contributed by atoms with Crippen molar-refractivity contribution < 1.29 is 13.2 Å². The van der Waals surface area contributed by atoms with Gasteiger partial charge in [0.2, 0.25) is 15.9 Å². The van der Waals surface area contributed by atoms with Crippen molar-refractivity contribution in [2.75, 3.05) is 13.1 Å². The van der Waals surface area contributed by atoms with Gasteiger partial charge in [0.05, 0.1) is 10.8 Å². The number of nitrogens with one attached hydrogen (secondary N) is 1. The molecule has 5 rings (SSSR count). The van der Waals surface area contributed by atoms with Crippen molar-refractivity contribution >= 4 is 15.9 Å². The Morgan fingerprint density at radius 2 is 1.74 bits per heavy atom. The lowest BCUT2D eigenvalue weighted by molar-refractivity contribution is -0.153. The number of aryl methyl sites for hydroxylation is 1. The van der Waals surface area contributed by atoms with Gasteiger partial charge in [-0.15, -0.1) is 0 Å². The van der Waals surface area contributed by atoms with Crippen LogP contribution in [0, 0.1) is 30.1 Å². The van der Waals surface area contributed by atoms with Crippen LogP contribution < -0.4 is 4.72 Å². The van der Waals surface area contributed by atoms with Gasteiger partial charge in [0, 0.05) is 19.1 Å². The summed E-state index contributed by atoms with van der Waals surface area (Å²) in [4.78, 5) is 15.4. The molecule has 4 atom stereocenters. The molecule has 4 aliphatic rings. The van der Waals surface area contributed by atoms with Gasteiger partial charge in [-0.25, -0.2) is 13.1 Å². The lowest BCUT2D eigenvalue weighted by atomic mass is 9.45. The Labute approximate surface area is 162 Å². The average Bonchev–Trinajstić information content (AvgIpc) is 3.15. The predicted octanol–water partition coefficient (Wildman–Crippen LogP) is 2.95. The molecule has 1 saturated heterocycles. The number of carbonyl (C=O) groups is 1. The van der Waals surface area contributed by atoms with Crippen molar-refractivity contribution in [3.63, 3.8) is 0 Å². The van der Waals surface area contributed by atoms with Crippen LogP contribution in [0.25, 0.3) is 0 Å². The lowest BCUT2D eigenvalue weighted by Crippen LogP contribution is -2.65. The van der Waals surface area contributed by atoms with Gasteiger partial charge in [0.15, 0.2) is 0 Å². The number of likely N-dealkylation sites (tertiary alicyclic amines) is 1. The van der Waals surface area contributed by atoms with E-state index in [1.807, 2.05) is 24.0 Å². The Morgan fingerprint density at radius 1 is 1.11 bits per heavy atom. The highest BCUT2D eigenvalue weighted by Crippen LogP contribution is 2.61. The maximum Gasteiger partial charge on any atom is 0.240 e. The normalized spacial score (nSPS) is 32.2. The van der Waals surface area contributed by atoms with E-state index >= 15 is 0 Å². The number of amides is 1. The number of rotatable bonds is 4. The smallest absolute Gasteiger partial charge is 0.240 e. The van der Waals surface area contributed by atoms with E-state index < -0.39 is 10.0 Å². The molecule has 1 heterocycles. The second kappa shape index (κ2) is 6.59. The molecule has 0 radical (unpaired) electrons. The fourth-order valence-electron chi connectivity index (χ4n) is 5.35. The Bertz CT molecular complexity index is 825. The topological polar surface area (TPSA) is 66.5 Å². The largest absolute Gasteiger partial charge is 0.342 e. The summed E-state index contributed by atoms with van der Waals surface area (Å²) in [5.41, 5.74) is 1.11. The minimum atomic E-state index is -3.65. The van der Waals surface area contributed by atoms with Crippen LogP contribution in [0.4, 0.5) is 0 Å². The number of sulfonamides is 1. The van der Waals surface area contributed by atoms with E-state index in [1.165, 1.54) is 0 Å². The van der Waals surface area contributed by atoms with E-state index in [0.29, 0.717) is 5.92 Å². The van der Waals surface area contributed by atoms with Gasteiger partial charge in [-0.3, -0.25) is 4.79 Å². The summed E-state index contributed by atoms with van der Waals surface area (Å²) in [5, 5.41) is 0. The van der Waals surface area contributed by atoms with Crippen molar-refractivity contribution in [1.29, 1.82) is 0 Å². The standard InChI is InChI=1S/C21H30N2O3S/c1-14-6-8-16(9-7-14)27(25,26)22-19-17(20(24)23-10-4-5-11-23)12-15-13-18(19)21(15,2)3/h6-9,15,17-19,22H,4-5,10-13H2,1-3H3/t15-,17-,18-,19-/m0/s1. The number of carbonyl (C=O) groups excluding carboxylic acids is 1. The van der Waals surface area contributed by atoms with Gasteiger partial charge < -0.3 is 4.90 Å². The number of nitrogens with zero attached hydrogens (tertiary/aromatic N) is 1. The Hall–Kier alpha value is -1.40. The summed E-state index contributed by atoms with van der Waals surface area (Å²) in [5.74, 6) is 0.640. The molecule has 4 fully saturated rings. The minimum Gasteiger partial charge on any atom is -0.342 e. The molecule has 1 aromatic rings. The molecule has 3 saturated carbocycles. The van der Waals surface area contributed by atoms with E-state index in [2.05, 4.69) is 18.6 Å². The van der Waals surface area contributed by atoms with Crippen LogP contribution in [-0.4, -0.2) is 38.4 Å². The molecule has 5 nitrogen and oxygen atoms in total. The van der Waals surface area contributed by atoms with Gasteiger partial charge in [-0.2, -0.15) is 0 Å². The van der Waals surface area contributed by atoms with Crippen molar-refractivity contribution in [2.24, 2.45) is 23.2 Å². The molecule has 27 heavy (non-hydrogen) atoms. The van der Waals surface area contributed by atoms with Crippen LogP contribution in [-0.2, 0) is 14.8 Å². The molecule has 0 spiro atoms. The SMILES string of the molecule is Cc1ccc(S(=O)(=O)N[C@H]2[C@@H](C(=O)N3CCCC3)C[C@H]3C[C@@H]2C3(C)C)cc1. The second-order valence-electron chi connectivity index (χ2n) is 9.20.